The molecule has 88 valence electrons. The van der Waals surface area contributed by atoms with Crippen LogP contribution in [0.5, 0.6) is 0 Å². The van der Waals surface area contributed by atoms with Crippen LogP contribution in [0.2, 0.25) is 0 Å². The standard InChI is InChI=1S/C14H13N.C2H6/c1-9-7-8-10(2)14-13(9)11-5-3-4-6-12(11)15-14;1-2/h3-8,15H,1-2H3;1-2H3. The molecule has 0 saturated heterocycles. The van der Waals surface area contributed by atoms with E-state index in [4.69, 9.17) is 0 Å². The predicted molar refractivity (Wildman–Crippen MR) is 76.6 cm³/mol. The third-order valence-electron chi connectivity index (χ3n) is 3.08. The normalized spacial score (nSPS) is 10.4. The average Bonchev–Trinajstić information content (AvgIpc) is 2.77. The lowest BCUT2D eigenvalue weighted by atomic mass is 10.0. The number of hydrogen-bond donors (Lipinski definition) is 1. The van der Waals surface area contributed by atoms with Crippen molar-refractivity contribution >= 4 is 21.8 Å². The van der Waals surface area contributed by atoms with Gasteiger partial charge in [-0.1, -0.05) is 44.2 Å². The van der Waals surface area contributed by atoms with Crippen molar-refractivity contribution < 1.29 is 0 Å². The Labute approximate surface area is 102 Å². The molecule has 0 fully saturated rings. The molecule has 0 aliphatic carbocycles. The third kappa shape index (κ3) is 1.82. The highest BCUT2D eigenvalue weighted by atomic mass is 14.7. The van der Waals surface area contributed by atoms with Crippen LogP contribution < -0.4 is 0 Å². The number of aromatic nitrogens is 1. The molecule has 0 radical (unpaired) electrons. The van der Waals surface area contributed by atoms with Crippen molar-refractivity contribution in [3.8, 4) is 0 Å². The molecule has 0 unspecified atom stereocenters. The number of aryl methyl sites for hydroxylation is 2. The molecule has 0 atom stereocenters. The summed E-state index contributed by atoms with van der Waals surface area (Å²) in [7, 11) is 0. The van der Waals surface area contributed by atoms with E-state index in [1.807, 2.05) is 13.8 Å². The van der Waals surface area contributed by atoms with Gasteiger partial charge in [0.1, 0.15) is 0 Å². The molecule has 3 rings (SSSR count). The van der Waals surface area contributed by atoms with Crippen LogP contribution in [-0.2, 0) is 0 Å². The Bertz CT molecular complexity index is 647. The summed E-state index contributed by atoms with van der Waals surface area (Å²) in [5.41, 5.74) is 5.15. The van der Waals surface area contributed by atoms with Crippen LogP contribution in [0.1, 0.15) is 25.0 Å². The molecule has 3 aromatic rings. The van der Waals surface area contributed by atoms with Gasteiger partial charge < -0.3 is 4.98 Å². The van der Waals surface area contributed by atoms with Gasteiger partial charge in [-0.05, 0) is 31.0 Å². The molecular formula is C16H19N. The molecule has 0 saturated carbocycles. The van der Waals surface area contributed by atoms with E-state index >= 15 is 0 Å². The molecule has 0 spiro atoms. The van der Waals surface area contributed by atoms with E-state index < -0.39 is 0 Å². The van der Waals surface area contributed by atoms with E-state index in [9.17, 15) is 0 Å². The Morgan fingerprint density at radius 1 is 0.824 bits per heavy atom. The van der Waals surface area contributed by atoms with Gasteiger partial charge in [0.25, 0.3) is 0 Å². The van der Waals surface area contributed by atoms with E-state index in [0.29, 0.717) is 0 Å². The molecule has 1 heterocycles. The molecule has 1 heteroatoms. The van der Waals surface area contributed by atoms with Gasteiger partial charge in [0.05, 0.1) is 0 Å². The zero-order valence-corrected chi connectivity index (χ0v) is 11.0. The van der Waals surface area contributed by atoms with Gasteiger partial charge in [-0.25, -0.2) is 0 Å². The van der Waals surface area contributed by atoms with Crippen molar-refractivity contribution in [2.75, 3.05) is 0 Å². The molecule has 2 aromatic carbocycles. The van der Waals surface area contributed by atoms with Gasteiger partial charge in [-0.3, -0.25) is 0 Å². The average molecular weight is 225 g/mol. The minimum absolute atomic E-state index is 1.23. The first-order chi connectivity index (χ1) is 8.27. The number of H-pyrrole nitrogens is 1. The van der Waals surface area contributed by atoms with Crippen molar-refractivity contribution in [3.63, 3.8) is 0 Å². The Kier molecular flexibility index (Phi) is 3.19. The molecular weight excluding hydrogens is 206 g/mol. The van der Waals surface area contributed by atoms with Crippen LogP contribution in [0, 0.1) is 13.8 Å². The van der Waals surface area contributed by atoms with E-state index in [1.54, 1.807) is 0 Å². The zero-order chi connectivity index (χ0) is 12.4. The van der Waals surface area contributed by atoms with Crippen molar-refractivity contribution in [2.45, 2.75) is 27.7 Å². The molecule has 0 aliphatic heterocycles. The van der Waals surface area contributed by atoms with Crippen molar-refractivity contribution in [1.82, 2.24) is 4.98 Å². The summed E-state index contributed by atoms with van der Waals surface area (Å²) < 4.78 is 0. The number of fused-ring (bicyclic) bond motifs is 3. The monoisotopic (exact) mass is 225 g/mol. The maximum absolute atomic E-state index is 3.49. The highest BCUT2D eigenvalue weighted by molar-refractivity contribution is 6.09. The van der Waals surface area contributed by atoms with E-state index in [2.05, 4.69) is 55.2 Å². The largest absolute Gasteiger partial charge is 0.354 e. The lowest BCUT2D eigenvalue weighted by molar-refractivity contribution is 1.42. The number of para-hydroxylation sites is 1. The fourth-order valence-electron chi connectivity index (χ4n) is 2.26. The summed E-state index contributed by atoms with van der Waals surface area (Å²) in [4.78, 5) is 3.49. The Morgan fingerprint density at radius 2 is 1.47 bits per heavy atom. The molecule has 0 aliphatic rings. The van der Waals surface area contributed by atoms with Crippen molar-refractivity contribution in [3.05, 3.63) is 47.5 Å². The fraction of sp³-hybridized carbons (Fsp3) is 0.250. The Hall–Kier alpha value is -1.76. The summed E-state index contributed by atoms with van der Waals surface area (Å²) in [6.45, 7) is 8.32. The quantitative estimate of drug-likeness (QED) is 0.556. The van der Waals surface area contributed by atoms with Crippen molar-refractivity contribution in [2.24, 2.45) is 0 Å². The first-order valence-corrected chi connectivity index (χ1v) is 6.24. The number of benzene rings is 2. The van der Waals surface area contributed by atoms with Gasteiger partial charge in [0.2, 0.25) is 0 Å². The molecule has 17 heavy (non-hydrogen) atoms. The summed E-state index contributed by atoms with van der Waals surface area (Å²) in [6, 6.07) is 12.8. The predicted octanol–water partition coefficient (Wildman–Crippen LogP) is 4.96. The van der Waals surface area contributed by atoms with Gasteiger partial charge >= 0.3 is 0 Å². The number of nitrogens with one attached hydrogen (secondary N) is 1. The molecule has 1 aromatic heterocycles. The second-order valence-electron chi connectivity index (χ2n) is 4.12. The number of hydrogen-bond acceptors (Lipinski definition) is 0. The topological polar surface area (TPSA) is 15.8 Å². The van der Waals surface area contributed by atoms with Crippen LogP contribution in [0.4, 0.5) is 0 Å². The molecule has 1 nitrogen and oxygen atoms in total. The second-order valence-corrected chi connectivity index (χ2v) is 4.12. The van der Waals surface area contributed by atoms with Crippen LogP contribution in [0.3, 0.4) is 0 Å². The van der Waals surface area contributed by atoms with Crippen LogP contribution in [0.15, 0.2) is 36.4 Å². The smallest absolute Gasteiger partial charge is 0.0497 e. The highest BCUT2D eigenvalue weighted by Gasteiger charge is 2.07. The van der Waals surface area contributed by atoms with E-state index in [0.717, 1.165) is 0 Å². The van der Waals surface area contributed by atoms with Crippen LogP contribution in [0.25, 0.3) is 21.8 Å². The SMILES string of the molecule is CC.Cc1ccc(C)c2c1[nH]c1ccccc12. The van der Waals surface area contributed by atoms with Crippen LogP contribution in [-0.4, -0.2) is 4.98 Å². The minimum Gasteiger partial charge on any atom is -0.354 e. The zero-order valence-electron chi connectivity index (χ0n) is 11.0. The lowest BCUT2D eigenvalue weighted by Crippen LogP contribution is -1.79. The van der Waals surface area contributed by atoms with Gasteiger partial charge in [-0.2, -0.15) is 0 Å². The van der Waals surface area contributed by atoms with Gasteiger partial charge in [-0.15, -0.1) is 0 Å². The summed E-state index contributed by atoms with van der Waals surface area (Å²) in [6.07, 6.45) is 0. The Balaban J connectivity index is 0.000000514. The van der Waals surface area contributed by atoms with Crippen LogP contribution >= 0.6 is 0 Å². The van der Waals surface area contributed by atoms with E-state index in [1.165, 1.54) is 32.9 Å². The number of rotatable bonds is 0. The second kappa shape index (κ2) is 4.62. The molecule has 1 N–H and O–H groups in total. The highest BCUT2D eigenvalue weighted by Crippen LogP contribution is 2.29. The van der Waals surface area contributed by atoms with E-state index in [-0.39, 0.29) is 0 Å². The fourth-order valence-corrected chi connectivity index (χ4v) is 2.26. The Morgan fingerprint density at radius 3 is 2.24 bits per heavy atom. The maximum Gasteiger partial charge on any atom is 0.0497 e. The first-order valence-electron chi connectivity index (χ1n) is 6.24. The minimum atomic E-state index is 1.23. The summed E-state index contributed by atoms with van der Waals surface area (Å²) in [5.74, 6) is 0. The molecule has 0 bridgehead atoms. The van der Waals surface area contributed by atoms with Gasteiger partial charge in [0.15, 0.2) is 0 Å². The number of aromatic amines is 1. The van der Waals surface area contributed by atoms with Crippen molar-refractivity contribution in [1.29, 1.82) is 0 Å². The van der Waals surface area contributed by atoms with Gasteiger partial charge in [0, 0.05) is 21.8 Å². The summed E-state index contributed by atoms with van der Waals surface area (Å²) in [5, 5.41) is 2.69. The summed E-state index contributed by atoms with van der Waals surface area (Å²) >= 11 is 0. The lowest BCUT2D eigenvalue weighted by Gasteiger charge is -1.99. The maximum atomic E-state index is 3.49. The molecule has 0 amide bonds. The third-order valence-corrected chi connectivity index (χ3v) is 3.08. The first kappa shape index (κ1) is 11.7.